The van der Waals surface area contributed by atoms with Crippen molar-refractivity contribution in [1.29, 1.82) is 0 Å². The second kappa shape index (κ2) is 10.0. The molecule has 0 aliphatic heterocycles. The predicted octanol–water partition coefficient (Wildman–Crippen LogP) is 4.13. The quantitative estimate of drug-likeness (QED) is 0.595. The molecule has 1 heterocycles. The van der Waals surface area contributed by atoms with E-state index in [1.165, 1.54) is 45.0 Å². The number of carbonyl (C=O) groups excluding carboxylic acids is 2. The Morgan fingerprint density at radius 2 is 1.76 bits per heavy atom. The highest BCUT2D eigenvalue weighted by atomic mass is 16.6. The molecule has 0 aliphatic carbocycles. The molecular weight excluding hydrogens is 424 g/mol. The molecule has 8 nitrogen and oxygen atoms in total. The van der Waals surface area contributed by atoms with Gasteiger partial charge in [-0.1, -0.05) is 30.7 Å². The first-order valence-electron chi connectivity index (χ1n) is 10.7. The van der Waals surface area contributed by atoms with Gasteiger partial charge in [-0.2, -0.15) is 0 Å². The summed E-state index contributed by atoms with van der Waals surface area (Å²) in [7, 11) is 1.38. The van der Waals surface area contributed by atoms with Crippen molar-refractivity contribution in [3.63, 3.8) is 0 Å². The van der Waals surface area contributed by atoms with Crippen LogP contribution in [0.15, 0.2) is 30.5 Å². The van der Waals surface area contributed by atoms with E-state index in [9.17, 15) is 19.5 Å². The van der Waals surface area contributed by atoms with Crippen LogP contribution in [0.1, 0.15) is 67.7 Å². The fourth-order valence-corrected chi connectivity index (χ4v) is 3.97. The summed E-state index contributed by atoms with van der Waals surface area (Å²) >= 11 is 0. The summed E-state index contributed by atoms with van der Waals surface area (Å²) < 4.78 is 10.5. The van der Waals surface area contributed by atoms with Crippen molar-refractivity contribution in [3.05, 3.63) is 52.8 Å². The number of benzene rings is 1. The normalized spacial score (nSPS) is 13.1. The summed E-state index contributed by atoms with van der Waals surface area (Å²) in [5.74, 6) is -2.71. The van der Waals surface area contributed by atoms with Crippen molar-refractivity contribution < 1.29 is 29.0 Å². The van der Waals surface area contributed by atoms with Crippen LogP contribution in [-0.2, 0) is 9.59 Å². The molecule has 0 saturated heterocycles. The molecule has 178 valence electrons. The number of nitrogens with zero attached hydrogens (tertiary/aromatic N) is 2. The Bertz CT molecular complexity index is 1060. The Morgan fingerprint density at radius 1 is 1.12 bits per heavy atom. The third-order valence-corrected chi connectivity index (χ3v) is 5.93. The van der Waals surface area contributed by atoms with Crippen LogP contribution in [0.5, 0.6) is 11.5 Å². The maximum atomic E-state index is 13.8. The fraction of sp³-hybridized carbons (Fsp3) is 0.440. The molecule has 2 rings (SSSR count). The molecule has 2 aromatic rings. The molecule has 0 fully saturated rings. The number of amides is 1. The van der Waals surface area contributed by atoms with Gasteiger partial charge in [-0.15, -0.1) is 0 Å². The number of pyridine rings is 1. The molecule has 8 heteroatoms. The minimum atomic E-state index is -1.58. The monoisotopic (exact) mass is 456 g/mol. The summed E-state index contributed by atoms with van der Waals surface area (Å²) in [6.45, 7) is 11.9. The number of ether oxygens (including phenoxy) is 2. The molecule has 0 spiro atoms. The molecule has 2 atom stereocenters. The highest BCUT2D eigenvalue weighted by molar-refractivity contribution is 5.99. The molecular formula is C25H32N2O6. The van der Waals surface area contributed by atoms with E-state index < -0.39 is 29.4 Å². The van der Waals surface area contributed by atoms with Crippen LogP contribution >= 0.6 is 0 Å². The Balaban J connectivity index is 2.65. The first kappa shape index (κ1) is 25.8. The zero-order valence-electron chi connectivity index (χ0n) is 20.4. The number of hydrogen-bond donors (Lipinski definition) is 1. The first-order chi connectivity index (χ1) is 15.3. The number of rotatable bonds is 8. The second-order valence-electron chi connectivity index (χ2n) is 8.71. The summed E-state index contributed by atoms with van der Waals surface area (Å²) in [5, 5.41) is 9.99. The summed E-state index contributed by atoms with van der Waals surface area (Å²) in [5.41, 5.74) is 1.39. The molecule has 0 bridgehead atoms. The van der Waals surface area contributed by atoms with E-state index in [0.29, 0.717) is 0 Å². The summed E-state index contributed by atoms with van der Waals surface area (Å²) in [6.07, 6.45) is 1.35. The van der Waals surface area contributed by atoms with Crippen LogP contribution in [0.4, 0.5) is 0 Å². The minimum absolute atomic E-state index is 0.143. The lowest BCUT2D eigenvalue weighted by Gasteiger charge is -2.42. The fourth-order valence-electron chi connectivity index (χ4n) is 3.97. The van der Waals surface area contributed by atoms with Gasteiger partial charge in [0.1, 0.15) is 5.54 Å². The van der Waals surface area contributed by atoms with Gasteiger partial charge in [0.2, 0.25) is 5.75 Å². The van der Waals surface area contributed by atoms with Crippen LogP contribution in [0.25, 0.3) is 0 Å². The van der Waals surface area contributed by atoms with Gasteiger partial charge in [0, 0.05) is 31.1 Å². The molecule has 1 N–H and O–H groups in total. The molecule has 1 aromatic heterocycles. The zero-order valence-corrected chi connectivity index (χ0v) is 20.4. The molecule has 33 heavy (non-hydrogen) atoms. The maximum absolute atomic E-state index is 13.8. The van der Waals surface area contributed by atoms with E-state index in [-0.39, 0.29) is 23.1 Å². The lowest BCUT2D eigenvalue weighted by Crippen LogP contribution is -2.58. The van der Waals surface area contributed by atoms with E-state index in [0.717, 1.165) is 16.7 Å². The van der Waals surface area contributed by atoms with E-state index in [2.05, 4.69) is 11.1 Å². The van der Waals surface area contributed by atoms with Crippen molar-refractivity contribution in [2.75, 3.05) is 7.11 Å². The predicted molar refractivity (Wildman–Crippen MR) is 124 cm³/mol. The minimum Gasteiger partial charge on any atom is -0.493 e. The Labute approximate surface area is 194 Å². The van der Waals surface area contributed by atoms with Crippen molar-refractivity contribution >= 4 is 17.8 Å². The van der Waals surface area contributed by atoms with Crippen LogP contribution in [0.3, 0.4) is 0 Å². The first-order valence-corrected chi connectivity index (χ1v) is 10.7. The lowest BCUT2D eigenvalue weighted by molar-refractivity contribution is -0.149. The average molecular weight is 457 g/mol. The van der Waals surface area contributed by atoms with Gasteiger partial charge in [0.15, 0.2) is 11.4 Å². The van der Waals surface area contributed by atoms with E-state index in [1.54, 1.807) is 6.92 Å². The van der Waals surface area contributed by atoms with Gasteiger partial charge < -0.3 is 19.5 Å². The Kier molecular flexibility index (Phi) is 7.84. The number of aliphatic carboxylic acids is 1. The highest BCUT2D eigenvalue weighted by Gasteiger charge is 2.44. The number of esters is 1. The van der Waals surface area contributed by atoms with Crippen LogP contribution in [0, 0.1) is 13.8 Å². The summed E-state index contributed by atoms with van der Waals surface area (Å²) in [6, 6.07) is 6.96. The number of carbonyl (C=O) groups is 3. The molecule has 0 radical (unpaired) electrons. The van der Waals surface area contributed by atoms with E-state index in [4.69, 9.17) is 9.47 Å². The number of carboxylic acid groups (broad SMARTS) is 1. The van der Waals surface area contributed by atoms with Gasteiger partial charge in [0.05, 0.1) is 7.11 Å². The smallest absolute Gasteiger partial charge is 0.329 e. The van der Waals surface area contributed by atoms with Crippen LogP contribution in [0.2, 0.25) is 0 Å². The van der Waals surface area contributed by atoms with Gasteiger partial charge >= 0.3 is 11.9 Å². The summed E-state index contributed by atoms with van der Waals surface area (Å²) in [4.78, 5) is 43.2. The SMILES string of the molecule is COc1ccnc(C(=O)N([C@@H](C)[C@@H](C)c2ccc(C)cc2C)C(C)(C)C(=O)O)c1OC(C)=O. The number of carboxylic acids is 1. The van der Waals surface area contributed by atoms with E-state index in [1.807, 2.05) is 32.9 Å². The van der Waals surface area contributed by atoms with Gasteiger partial charge in [-0.3, -0.25) is 9.59 Å². The van der Waals surface area contributed by atoms with Gasteiger partial charge in [-0.05, 0) is 45.7 Å². The third-order valence-electron chi connectivity index (χ3n) is 5.93. The van der Waals surface area contributed by atoms with Crippen molar-refractivity contribution in [3.8, 4) is 11.5 Å². The highest BCUT2D eigenvalue weighted by Crippen LogP contribution is 2.36. The van der Waals surface area contributed by atoms with Gasteiger partial charge in [0.25, 0.3) is 5.91 Å². The van der Waals surface area contributed by atoms with Crippen LogP contribution < -0.4 is 9.47 Å². The van der Waals surface area contributed by atoms with Crippen molar-refractivity contribution in [2.45, 2.75) is 66.0 Å². The van der Waals surface area contributed by atoms with Crippen molar-refractivity contribution in [2.24, 2.45) is 0 Å². The largest absolute Gasteiger partial charge is 0.493 e. The molecule has 1 aromatic carbocycles. The van der Waals surface area contributed by atoms with Gasteiger partial charge in [-0.25, -0.2) is 9.78 Å². The molecule has 1 amide bonds. The Hall–Kier alpha value is -3.42. The number of hydrogen-bond acceptors (Lipinski definition) is 6. The lowest BCUT2D eigenvalue weighted by atomic mass is 9.86. The topological polar surface area (TPSA) is 106 Å². The standard InChI is InChI=1S/C25H32N2O6/c1-14-9-10-19(15(2)13-14)16(3)17(4)27(25(6,7)24(30)31)23(29)21-22(33-18(5)28)20(32-8)11-12-26-21/h9-13,16-17H,1-8H3,(H,30,31)/t16-,17+/m1/s1. The molecule has 0 unspecified atom stereocenters. The van der Waals surface area contributed by atoms with Crippen molar-refractivity contribution in [1.82, 2.24) is 9.88 Å². The second-order valence-corrected chi connectivity index (χ2v) is 8.71. The molecule has 0 aliphatic rings. The zero-order chi connectivity index (χ0) is 25.1. The average Bonchev–Trinajstić information content (AvgIpc) is 2.72. The molecule has 0 saturated carbocycles. The number of aryl methyl sites for hydroxylation is 2. The van der Waals surface area contributed by atoms with E-state index >= 15 is 0 Å². The van der Waals surface area contributed by atoms with Crippen LogP contribution in [-0.4, -0.2) is 51.5 Å². The maximum Gasteiger partial charge on any atom is 0.329 e. The Morgan fingerprint density at radius 3 is 2.27 bits per heavy atom. The third kappa shape index (κ3) is 5.32. The number of aromatic nitrogens is 1. The number of methoxy groups -OCH3 is 1.